The van der Waals surface area contributed by atoms with Gasteiger partial charge in [-0.1, -0.05) is 18.2 Å². The Hall–Kier alpha value is -1.75. The molecular weight excluding hydrogens is 236 g/mol. The fraction of sp³-hybridized carbons (Fsp3) is 0.167. The molecule has 0 aliphatic carbocycles. The Morgan fingerprint density at radius 2 is 2.29 bits per heavy atom. The van der Waals surface area contributed by atoms with Gasteiger partial charge in [-0.05, 0) is 6.07 Å². The summed E-state index contributed by atoms with van der Waals surface area (Å²) < 4.78 is 0. The number of aliphatic imine (C=N–C) groups is 1. The Bertz CT molecular complexity index is 618. The van der Waals surface area contributed by atoms with Crippen molar-refractivity contribution in [2.24, 2.45) is 4.99 Å². The van der Waals surface area contributed by atoms with Gasteiger partial charge in [0.1, 0.15) is 11.1 Å². The zero-order valence-corrected chi connectivity index (χ0v) is 9.66. The number of aromatic amines is 1. The Morgan fingerprint density at radius 3 is 3.06 bits per heavy atom. The van der Waals surface area contributed by atoms with Gasteiger partial charge >= 0.3 is 0 Å². The number of hydrogen-bond donors (Lipinski definition) is 1. The SMILES string of the molecule is O=C([O-])[C@H]1CSC(c2c[nH]c3ccccc23)=N1. The first-order valence-corrected chi connectivity index (χ1v) is 6.22. The first kappa shape index (κ1) is 10.4. The molecule has 2 heterocycles. The molecule has 0 unspecified atom stereocenters. The summed E-state index contributed by atoms with van der Waals surface area (Å²) in [6, 6.07) is 7.17. The van der Waals surface area contributed by atoms with E-state index in [1.165, 1.54) is 11.8 Å². The standard InChI is InChI=1S/C12H10N2O2S/c15-12(16)10-6-17-11(14-10)8-5-13-9-4-2-1-3-7(8)9/h1-5,10,13H,6H2,(H,15,16)/p-1/t10-/m1/s1. The third-order valence-electron chi connectivity index (χ3n) is 2.74. The molecule has 0 spiro atoms. The number of hydrogen-bond acceptors (Lipinski definition) is 4. The molecule has 1 atom stereocenters. The van der Waals surface area contributed by atoms with Crippen molar-refractivity contribution in [1.29, 1.82) is 0 Å². The minimum absolute atomic E-state index is 0.456. The second-order valence-corrected chi connectivity index (χ2v) is 4.84. The van der Waals surface area contributed by atoms with Crippen LogP contribution in [0.1, 0.15) is 5.56 Å². The first-order valence-electron chi connectivity index (χ1n) is 5.23. The molecule has 0 fully saturated rings. The molecule has 4 nitrogen and oxygen atoms in total. The molecule has 3 rings (SSSR count). The zero-order valence-electron chi connectivity index (χ0n) is 8.84. The molecule has 0 saturated heterocycles. The smallest absolute Gasteiger partial charge is 0.101 e. The summed E-state index contributed by atoms with van der Waals surface area (Å²) in [7, 11) is 0. The highest BCUT2D eigenvalue weighted by molar-refractivity contribution is 8.14. The average Bonchev–Trinajstić information content (AvgIpc) is 2.95. The quantitative estimate of drug-likeness (QED) is 0.850. The van der Waals surface area contributed by atoms with Crippen LogP contribution in [-0.4, -0.2) is 27.8 Å². The molecule has 1 aliphatic rings. The number of carboxylic acid groups (broad SMARTS) is 1. The van der Waals surface area contributed by atoms with Crippen LogP contribution in [0.5, 0.6) is 0 Å². The van der Waals surface area contributed by atoms with Crippen molar-refractivity contribution in [3.8, 4) is 0 Å². The van der Waals surface area contributed by atoms with Crippen molar-refractivity contribution in [1.82, 2.24) is 4.98 Å². The minimum atomic E-state index is -1.10. The molecule has 5 heteroatoms. The van der Waals surface area contributed by atoms with Crippen LogP contribution in [0.15, 0.2) is 35.5 Å². The molecule has 1 aliphatic heterocycles. The predicted molar refractivity (Wildman–Crippen MR) is 66.1 cm³/mol. The van der Waals surface area contributed by atoms with Gasteiger partial charge < -0.3 is 14.9 Å². The maximum Gasteiger partial charge on any atom is 0.101 e. The van der Waals surface area contributed by atoms with Gasteiger partial charge in [-0.15, -0.1) is 11.8 Å². The van der Waals surface area contributed by atoms with Crippen molar-refractivity contribution in [3.05, 3.63) is 36.0 Å². The third kappa shape index (κ3) is 1.72. The molecule has 1 aromatic heterocycles. The van der Waals surface area contributed by atoms with Crippen molar-refractivity contribution in [2.75, 3.05) is 5.75 Å². The number of para-hydroxylation sites is 1. The molecule has 1 aromatic carbocycles. The Labute approximate surface area is 102 Å². The lowest BCUT2D eigenvalue weighted by Crippen LogP contribution is -2.34. The van der Waals surface area contributed by atoms with Gasteiger partial charge in [-0.3, -0.25) is 4.99 Å². The Kier molecular flexibility index (Phi) is 2.40. The van der Waals surface area contributed by atoms with Crippen LogP contribution in [0.4, 0.5) is 0 Å². The molecule has 0 bridgehead atoms. The van der Waals surface area contributed by atoms with E-state index in [9.17, 15) is 9.90 Å². The van der Waals surface area contributed by atoms with Crippen LogP contribution in [0.25, 0.3) is 10.9 Å². The van der Waals surface area contributed by atoms with E-state index in [2.05, 4.69) is 9.98 Å². The number of aromatic nitrogens is 1. The second-order valence-electron chi connectivity index (χ2n) is 3.83. The van der Waals surface area contributed by atoms with Crippen LogP contribution in [0.3, 0.4) is 0 Å². The highest BCUT2D eigenvalue weighted by Gasteiger charge is 2.21. The third-order valence-corrected chi connectivity index (χ3v) is 3.82. The number of carboxylic acids is 1. The van der Waals surface area contributed by atoms with Gasteiger partial charge in [0.25, 0.3) is 0 Å². The zero-order chi connectivity index (χ0) is 11.8. The number of rotatable bonds is 2. The number of nitrogens with one attached hydrogen (secondary N) is 1. The van der Waals surface area contributed by atoms with Crippen molar-refractivity contribution in [3.63, 3.8) is 0 Å². The summed E-state index contributed by atoms with van der Waals surface area (Å²) in [6.45, 7) is 0. The molecule has 1 N–H and O–H groups in total. The van der Waals surface area contributed by atoms with E-state index >= 15 is 0 Å². The topological polar surface area (TPSA) is 68.3 Å². The number of aliphatic carboxylic acids is 1. The molecule has 86 valence electrons. The van der Waals surface area contributed by atoms with Crippen LogP contribution in [0, 0.1) is 0 Å². The number of carbonyl (C=O) groups excluding carboxylic acids is 1. The Morgan fingerprint density at radius 1 is 1.47 bits per heavy atom. The number of nitrogens with zero attached hydrogens (tertiary/aromatic N) is 1. The molecular formula is C12H9N2O2S-. The Balaban J connectivity index is 2.05. The van der Waals surface area contributed by atoms with E-state index in [0.717, 1.165) is 21.5 Å². The lowest BCUT2D eigenvalue weighted by Gasteiger charge is -2.04. The number of H-pyrrole nitrogens is 1. The van der Waals surface area contributed by atoms with Crippen LogP contribution >= 0.6 is 11.8 Å². The van der Waals surface area contributed by atoms with Gasteiger partial charge in [0.05, 0.1) is 5.97 Å². The summed E-state index contributed by atoms with van der Waals surface area (Å²) in [5.41, 5.74) is 2.00. The predicted octanol–water partition coefficient (Wildman–Crippen LogP) is 0.780. The highest BCUT2D eigenvalue weighted by Crippen LogP contribution is 2.28. The summed E-state index contributed by atoms with van der Waals surface area (Å²) in [5.74, 6) is -0.649. The van der Waals surface area contributed by atoms with Crippen molar-refractivity contribution < 1.29 is 9.90 Å². The van der Waals surface area contributed by atoms with Crippen molar-refractivity contribution >= 4 is 33.7 Å². The van der Waals surface area contributed by atoms with Gasteiger partial charge in [0.15, 0.2) is 0 Å². The largest absolute Gasteiger partial charge is 0.548 e. The lowest BCUT2D eigenvalue weighted by atomic mass is 10.2. The lowest BCUT2D eigenvalue weighted by molar-refractivity contribution is -0.306. The van der Waals surface area contributed by atoms with Gasteiger partial charge in [0.2, 0.25) is 0 Å². The fourth-order valence-electron chi connectivity index (χ4n) is 1.89. The second kappa shape index (κ2) is 3.92. The van der Waals surface area contributed by atoms with E-state index < -0.39 is 12.0 Å². The van der Waals surface area contributed by atoms with E-state index in [4.69, 9.17) is 0 Å². The average molecular weight is 245 g/mol. The van der Waals surface area contributed by atoms with Crippen molar-refractivity contribution in [2.45, 2.75) is 6.04 Å². The summed E-state index contributed by atoms with van der Waals surface area (Å²) in [4.78, 5) is 18.1. The number of carbonyl (C=O) groups is 1. The van der Waals surface area contributed by atoms with Gasteiger partial charge in [0, 0.05) is 28.4 Å². The fourth-order valence-corrected chi connectivity index (χ4v) is 2.94. The molecule has 17 heavy (non-hydrogen) atoms. The molecule has 0 amide bonds. The molecule has 0 saturated carbocycles. The normalized spacial score (nSPS) is 19.5. The first-order chi connectivity index (χ1) is 8.25. The number of fused-ring (bicyclic) bond motifs is 1. The molecule has 2 aromatic rings. The maximum atomic E-state index is 10.7. The monoisotopic (exact) mass is 245 g/mol. The van der Waals surface area contributed by atoms with Gasteiger partial charge in [-0.2, -0.15) is 0 Å². The van der Waals surface area contributed by atoms with E-state index in [-0.39, 0.29) is 0 Å². The van der Waals surface area contributed by atoms with E-state index in [0.29, 0.717) is 5.75 Å². The number of benzene rings is 1. The highest BCUT2D eigenvalue weighted by atomic mass is 32.2. The molecule has 0 radical (unpaired) electrons. The van der Waals surface area contributed by atoms with Crippen LogP contribution in [-0.2, 0) is 4.79 Å². The summed E-state index contributed by atoms with van der Waals surface area (Å²) >= 11 is 1.46. The summed E-state index contributed by atoms with van der Waals surface area (Å²) in [5, 5.41) is 12.6. The van der Waals surface area contributed by atoms with Crippen LogP contribution in [0.2, 0.25) is 0 Å². The van der Waals surface area contributed by atoms with Crippen LogP contribution < -0.4 is 5.11 Å². The maximum absolute atomic E-state index is 10.7. The van der Waals surface area contributed by atoms with E-state index in [1.54, 1.807) is 0 Å². The number of thioether (sulfide) groups is 1. The minimum Gasteiger partial charge on any atom is -0.548 e. The summed E-state index contributed by atoms with van der Waals surface area (Å²) in [6.07, 6.45) is 1.87. The van der Waals surface area contributed by atoms with Gasteiger partial charge in [-0.25, -0.2) is 0 Å². The van der Waals surface area contributed by atoms with E-state index in [1.807, 2.05) is 30.5 Å².